The molecule has 5 N–H and O–H groups in total. The van der Waals surface area contributed by atoms with Crippen LogP contribution >= 0.6 is 0 Å². The Labute approximate surface area is 216 Å². The molecule has 0 radical (unpaired) electrons. The molecule has 0 spiro atoms. The van der Waals surface area contributed by atoms with Gasteiger partial charge in [0.25, 0.3) is 0 Å². The number of aromatic nitrogens is 1. The minimum atomic E-state index is -1.36. The van der Waals surface area contributed by atoms with Crippen molar-refractivity contribution in [3.05, 3.63) is 103 Å². The van der Waals surface area contributed by atoms with Crippen molar-refractivity contribution in [3.8, 4) is 0 Å². The first-order valence-electron chi connectivity index (χ1n) is 11.7. The first-order chi connectivity index (χ1) is 17.8. The van der Waals surface area contributed by atoms with Gasteiger partial charge >= 0.3 is 5.97 Å². The molecule has 2 amide bonds. The summed E-state index contributed by atoms with van der Waals surface area (Å²) in [5, 5.41) is 11.3. The number of primary amides is 1. The Morgan fingerprint density at radius 1 is 1.11 bits per heavy atom. The number of carboxylic acids is 1. The molecule has 0 bridgehead atoms. The van der Waals surface area contributed by atoms with Crippen LogP contribution in [-0.2, 0) is 19.1 Å². The fourth-order valence-electron chi connectivity index (χ4n) is 3.01. The molecule has 2 heterocycles. The third kappa shape index (κ3) is 11.1. The van der Waals surface area contributed by atoms with Crippen LogP contribution in [0.3, 0.4) is 0 Å². The minimum Gasteiger partial charge on any atom is -0.480 e. The van der Waals surface area contributed by atoms with Crippen LogP contribution in [0.5, 0.6) is 0 Å². The molecule has 1 aliphatic heterocycles. The summed E-state index contributed by atoms with van der Waals surface area (Å²) in [6.45, 7) is 3.52. The lowest BCUT2D eigenvalue weighted by Crippen LogP contribution is -2.43. The van der Waals surface area contributed by atoms with E-state index in [1.807, 2.05) is 79.9 Å². The number of hydrogen-bond acceptors (Lipinski definition) is 5. The summed E-state index contributed by atoms with van der Waals surface area (Å²) in [5.41, 5.74) is 6.28. The summed E-state index contributed by atoms with van der Waals surface area (Å²) >= 11 is 0. The van der Waals surface area contributed by atoms with Crippen molar-refractivity contribution < 1.29 is 24.2 Å². The molecule has 0 aliphatic carbocycles. The van der Waals surface area contributed by atoms with E-state index in [2.05, 4.69) is 15.3 Å². The molecule has 1 aromatic heterocycles. The predicted molar refractivity (Wildman–Crippen MR) is 144 cm³/mol. The van der Waals surface area contributed by atoms with Crippen molar-refractivity contribution in [2.75, 3.05) is 0 Å². The summed E-state index contributed by atoms with van der Waals surface area (Å²) in [6, 6.07) is 2.49. The number of carbonyl (C=O) groups is 3. The van der Waals surface area contributed by atoms with E-state index in [0.29, 0.717) is 11.5 Å². The Morgan fingerprint density at radius 2 is 1.76 bits per heavy atom. The molecule has 9 nitrogen and oxygen atoms in total. The Bertz CT molecular complexity index is 1170. The van der Waals surface area contributed by atoms with E-state index in [4.69, 9.17) is 15.6 Å². The highest BCUT2D eigenvalue weighted by Gasteiger charge is 2.23. The molecular formula is C28H32N4O5. The largest absolute Gasteiger partial charge is 0.480 e. The number of aliphatic imine (C=N–C) groups is 1. The van der Waals surface area contributed by atoms with Gasteiger partial charge in [-0.15, -0.1) is 0 Å². The summed E-state index contributed by atoms with van der Waals surface area (Å²) in [6.07, 6.45) is 25.1. The smallest absolute Gasteiger partial charge is 0.326 e. The topological polar surface area (TPSA) is 147 Å². The van der Waals surface area contributed by atoms with E-state index in [9.17, 15) is 14.4 Å². The number of nitrogens with one attached hydrogen (secondary N) is 2. The second-order valence-corrected chi connectivity index (χ2v) is 8.05. The van der Waals surface area contributed by atoms with Gasteiger partial charge in [-0.05, 0) is 32.1 Å². The number of aliphatic carboxylic acids is 1. The molecule has 2 rings (SSSR count). The molecule has 9 heteroatoms. The second-order valence-electron chi connectivity index (χ2n) is 8.05. The summed E-state index contributed by atoms with van der Waals surface area (Å²) in [5.74, 6) is -2.11. The highest BCUT2D eigenvalue weighted by atomic mass is 16.5. The molecule has 37 heavy (non-hydrogen) atoms. The number of nitrogens with two attached hydrogens (primary N) is 1. The first kappa shape index (κ1) is 28.6. The van der Waals surface area contributed by atoms with Crippen molar-refractivity contribution in [1.29, 1.82) is 0 Å². The van der Waals surface area contributed by atoms with Gasteiger partial charge in [-0.3, -0.25) is 9.59 Å². The number of carbonyl (C=O) groups excluding carboxylic acids is 2. The first-order valence-corrected chi connectivity index (χ1v) is 11.7. The van der Waals surface area contributed by atoms with Crippen molar-refractivity contribution in [1.82, 2.24) is 10.3 Å². The van der Waals surface area contributed by atoms with Gasteiger partial charge in [0.05, 0.1) is 6.42 Å². The van der Waals surface area contributed by atoms with Crippen LogP contribution in [0.2, 0.25) is 0 Å². The van der Waals surface area contributed by atoms with E-state index in [0.717, 1.165) is 5.69 Å². The van der Waals surface area contributed by atoms with Gasteiger partial charge in [0.2, 0.25) is 17.7 Å². The zero-order chi connectivity index (χ0) is 27.0. The number of H-pyrrole nitrogens is 1. The molecule has 1 aromatic rings. The quantitative estimate of drug-likeness (QED) is 0.240. The summed E-state index contributed by atoms with van der Waals surface area (Å²) in [4.78, 5) is 41.7. The number of ether oxygens (including phenoxy) is 1. The highest BCUT2D eigenvalue weighted by Crippen LogP contribution is 2.16. The average Bonchev–Trinajstić information content (AvgIpc) is 3.49. The number of carboxylic acid groups (broad SMARTS) is 1. The van der Waals surface area contributed by atoms with E-state index >= 15 is 0 Å². The van der Waals surface area contributed by atoms with E-state index in [1.165, 1.54) is 13.0 Å². The minimum absolute atomic E-state index is 0.0318. The highest BCUT2D eigenvalue weighted by molar-refractivity contribution is 5.96. The molecule has 0 saturated carbocycles. The summed E-state index contributed by atoms with van der Waals surface area (Å²) in [7, 11) is 0. The number of amides is 2. The Balaban J connectivity index is 1.74. The maximum absolute atomic E-state index is 12.0. The van der Waals surface area contributed by atoms with E-state index in [1.54, 1.807) is 18.2 Å². The zero-order valence-electron chi connectivity index (χ0n) is 20.8. The van der Waals surface area contributed by atoms with E-state index in [-0.39, 0.29) is 12.1 Å². The van der Waals surface area contributed by atoms with Gasteiger partial charge in [-0.2, -0.15) is 0 Å². The van der Waals surface area contributed by atoms with Gasteiger partial charge < -0.3 is 25.9 Å². The lowest BCUT2D eigenvalue weighted by atomic mass is 10.1. The maximum atomic E-state index is 12.0. The van der Waals surface area contributed by atoms with Crippen LogP contribution < -0.4 is 11.1 Å². The number of nitrogens with zero attached hydrogens (tertiary/aromatic N) is 1. The molecule has 0 fully saturated rings. The fraction of sp³-hybridized carbons (Fsp3) is 0.214. The van der Waals surface area contributed by atoms with Gasteiger partial charge in [-0.25, -0.2) is 9.79 Å². The van der Waals surface area contributed by atoms with Gasteiger partial charge in [-0.1, -0.05) is 66.8 Å². The standard InChI is InChI=1S/C28H32N4O5/c1-20(27(34)32-24(28(35)36)19-25(29)33)13-10-8-6-4-3-5-7-9-11-15-23-21(2)37-26(31-23)17-16-22-14-12-18-30-22/h3-18,21,23-24,30H,19H2,1-2H3,(H2,29,33)(H,32,34)(H,35,36)/b5-3+,6-4-,9-7+,10-8+,15-11+,17-16+,20-13+/t21-,23-,24-/m1/s1. The Kier molecular flexibility index (Phi) is 11.9. The van der Waals surface area contributed by atoms with E-state index < -0.39 is 30.2 Å². The maximum Gasteiger partial charge on any atom is 0.326 e. The van der Waals surface area contributed by atoms with Crippen LogP contribution in [0.4, 0.5) is 0 Å². The van der Waals surface area contributed by atoms with Gasteiger partial charge in [0.1, 0.15) is 18.2 Å². The van der Waals surface area contributed by atoms with Crippen LogP contribution in [0.1, 0.15) is 26.0 Å². The van der Waals surface area contributed by atoms with Gasteiger partial charge in [0, 0.05) is 23.5 Å². The normalized spacial score (nSPS) is 19.5. The van der Waals surface area contributed by atoms with Crippen molar-refractivity contribution in [2.45, 2.75) is 38.5 Å². The second kappa shape index (κ2) is 15.4. The molecule has 1 aliphatic rings. The average molecular weight is 505 g/mol. The van der Waals surface area contributed by atoms with Crippen LogP contribution in [0.15, 0.2) is 102 Å². The number of hydrogen-bond donors (Lipinski definition) is 4. The zero-order valence-corrected chi connectivity index (χ0v) is 20.8. The lowest BCUT2D eigenvalue weighted by Gasteiger charge is -2.12. The third-order valence-electron chi connectivity index (χ3n) is 5.00. The molecule has 0 saturated heterocycles. The molecule has 0 aromatic carbocycles. The molecule has 194 valence electrons. The number of rotatable bonds is 13. The Morgan fingerprint density at radius 3 is 2.35 bits per heavy atom. The van der Waals surface area contributed by atoms with Crippen LogP contribution in [0.25, 0.3) is 6.08 Å². The SMILES string of the molecule is C\C(=C/C=C/C=C\C=C\C=C\C=C\[C@H]1N=C(/C=C/c2ccc[nH]2)O[C@@H]1C)C(=O)N[C@H](CC(N)=O)C(=O)O. The number of allylic oxidation sites excluding steroid dienone is 10. The van der Waals surface area contributed by atoms with Crippen molar-refractivity contribution in [3.63, 3.8) is 0 Å². The molecule has 0 unspecified atom stereocenters. The molecule has 3 atom stereocenters. The number of aromatic amines is 1. The van der Waals surface area contributed by atoms with Crippen LogP contribution in [0, 0.1) is 0 Å². The third-order valence-corrected chi connectivity index (χ3v) is 5.00. The lowest BCUT2D eigenvalue weighted by molar-refractivity contribution is -0.142. The van der Waals surface area contributed by atoms with Crippen molar-refractivity contribution in [2.24, 2.45) is 10.7 Å². The monoisotopic (exact) mass is 504 g/mol. The molecular weight excluding hydrogens is 472 g/mol. The predicted octanol–water partition coefficient (Wildman–Crippen LogP) is 3.39. The summed E-state index contributed by atoms with van der Waals surface area (Å²) < 4.78 is 5.76. The Hall–Kier alpha value is -4.66. The van der Waals surface area contributed by atoms with Crippen molar-refractivity contribution >= 4 is 29.8 Å². The van der Waals surface area contributed by atoms with Gasteiger partial charge in [0.15, 0.2) is 0 Å². The van der Waals surface area contributed by atoms with Crippen LogP contribution in [-0.4, -0.2) is 52.0 Å². The fourth-order valence-corrected chi connectivity index (χ4v) is 3.01.